The fraction of sp³-hybridized carbons (Fsp3) is 0.182. The van der Waals surface area contributed by atoms with E-state index < -0.39 is 11.5 Å². The topological polar surface area (TPSA) is 105 Å². The average Bonchev–Trinajstić information content (AvgIpc) is 3.41. The molecule has 10 heteroatoms. The molecular weight excluding hydrogens is 432 g/mol. The number of aromatic nitrogens is 3. The second-order valence-electron chi connectivity index (χ2n) is 7.07. The van der Waals surface area contributed by atoms with Crippen molar-refractivity contribution < 1.29 is 19.0 Å². The van der Waals surface area contributed by atoms with Crippen LogP contribution in [-0.2, 0) is 11.3 Å². The van der Waals surface area contributed by atoms with Gasteiger partial charge in [-0.2, -0.15) is 5.10 Å². The van der Waals surface area contributed by atoms with Crippen LogP contribution in [0.2, 0.25) is 0 Å². The molecule has 0 atom stereocenters. The van der Waals surface area contributed by atoms with Crippen LogP contribution in [0.5, 0.6) is 17.2 Å². The Hall–Kier alpha value is -3.92. The molecule has 1 aliphatic rings. The van der Waals surface area contributed by atoms with Gasteiger partial charge in [0.05, 0.1) is 16.8 Å². The van der Waals surface area contributed by atoms with Gasteiger partial charge in [-0.1, -0.05) is 12.1 Å². The smallest absolute Gasteiger partial charge is 0.294 e. The van der Waals surface area contributed by atoms with Crippen molar-refractivity contribution in [3.63, 3.8) is 0 Å². The van der Waals surface area contributed by atoms with Crippen LogP contribution in [0.25, 0.3) is 21.5 Å². The van der Waals surface area contributed by atoms with E-state index >= 15 is 0 Å². The summed E-state index contributed by atoms with van der Waals surface area (Å²) >= 11 is 1.39. The fourth-order valence-corrected chi connectivity index (χ4v) is 4.36. The number of anilines is 1. The third-order valence-electron chi connectivity index (χ3n) is 4.90. The van der Waals surface area contributed by atoms with Crippen molar-refractivity contribution in [2.24, 2.45) is 0 Å². The number of carbonyl (C=O) groups is 1. The van der Waals surface area contributed by atoms with E-state index in [4.69, 9.17) is 14.2 Å². The van der Waals surface area contributed by atoms with E-state index in [0.29, 0.717) is 33.3 Å². The lowest BCUT2D eigenvalue weighted by Gasteiger charge is -2.10. The van der Waals surface area contributed by atoms with Gasteiger partial charge in [-0.3, -0.25) is 9.59 Å². The monoisotopic (exact) mass is 450 g/mol. The molecule has 162 valence electrons. The van der Waals surface area contributed by atoms with Crippen LogP contribution in [0.4, 0.5) is 5.69 Å². The third-order valence-corrected chi connectivity index (χ3v) is 5.88. The van der Waals surface area contributed by atoms with Crippen molar-refractivity contribution in [3.05, 3.63) is 57.8 Å². The number of thiazole rings is 1. The second kappa shape index (κ2) is 7.97. The number of fused-ring (bicyclic) bond motifs is 2. The molecule has 2 aromatic heterocycles. The zero-order chi connectivity index (χ0) is 22.2. The Morgan fingerprint density at radius 2 is 2.06 bits per heavy atom. The van der Waals surface area contributed by atoms with Gasteiger partial charge in [0.25, 0.3) is 5.56 Å². The molecule has 0 spiro atoms. The number of benzene rings is 2. The lowest BCUT2D eigenvalue weighted by molar-refractivity contribution is -0.117. The molecule has 1 N–H and O–H groups in total. The van der Waals surface area contributed by atoms with Crippen molar-refractivity contribution in [2.75, 3.05) is 19.2 Å². The number of nitrogens with zero attached hydrogens (tertiary/aromatic N) is 3. The molecule has 5 rings (SSSR count). The predicted molar refractivity (Wildman–Crippen MR) is 120 cm³/mol. The van der Waals surface area contributed by atoms with E-state index in [-0.39, 0.29) is 18.9 Å². The van der Waals surface area contributed by atoms with Crippen molar-refractivity contribution in [3.8, 4) is 28.5 Å². The molecule has 32 heavy (non-hydrogen) atoms. The largest absolute Gasteiger partial charge is 0.497 e. The maximum atomic E-state index is 13.0. The van der Waals surface area contributed by atoms with Crippen molar-refractivity contribution in [1.82, 2.24) is 14.8 Å². The Kier molecular flexibility index (Phi) is 4.98. The molecule has 2 aromatic carbocycles. The second-order valence-corrected chi connectivity index (χ2v) is 8.27. The molecular formula is C22H18N4O5S. The van der Waals surface area contributed by atoms with E-state index in [9.17, 15) is 9.59 Å². The average molecular weight is 450 g/mol. The Morgan fingerprint density at radius 3 is 2.91 bits per heavy atom. The molecule has 1 amide bonds. The zero-order valence-electron chi connectivity index (χ0n) is 17.2. The summed E-state index contributed by atoms with van der Waals surface area (Å²) in [6, 6.07) is 12.5. The predicted octanol–water partition coefficient (Wildman–Crippen LogP) is 3.20. The van der Waals surface area contributed by atoms with Crippen LogP contribution in [0, 0.1) is 6.92 Å². The molecule has 0 fully saturated rings. The highest BCUT2D eigenvalue weighted by Crippen LogP contribution is 2.34. The summed E-state index contributed by atoms with van der Waals surface area (Å²) in [7, 11) is 1.58. The van der Waals surface area contributed by atoms with E-state index in [2.05, 4.69) is 15.4 Å². The molecule has 0 bridgehead atoms. The first-order chi connectivity index (χ1) is 15.5. The fourth-order valence-electron chi connectivity index (χ4n) is 3.44. The van der Waals surface area contributed by atoms with Gasteiger partial charge in [0.15, 0.2) is 17.0 Å². The van der Waals surface area contributed by atoms with Gasteiger partial charge in [0.2, 0.25) is 12.7 Å². The molecule has 9 nitrogen and oxygen atoms in total. The first kappa shape index (κ1) is 20.0. The van der Waals surface area contributed by atoms with E-state index in [1.54, 1.807) is 25.3 Å². The van der Waals surface area contributed by atoms with Crippen molar-refractivity contribution >= 4 is 33.1 Å². The summed E-state index contributed by atoms with van der Waals surface area (Å²) in [5.41, 5.74) is 1.74. The van der Waals surface area contributed by atoms with Crippen LogP contribution < -0.4 is 25.1 Å². The Morgan fingerprint density at radius 1 is 1.22 bits per heavy atom. The summed E-state index contributed by atoms with van der Waals surface area (Å²) in [6.07, 6.45) is 0. The summed E-state index contributed by atoms with van der Waals surface area (Å²) < 4.78 is 17.7. The van der Waals surface area contributed by atoms with Gasteiger partial charge in [0.1, 0.15) is 18.0 Å². The molecule has 1 aliphatic heterocycles. The van der Waals surface area contributed by atoms with Crippen LogP contribution in [-0.4, -0.2) is 34.6 Å². The molecule has 3 heterocycles. The highest BCUT2D eigenvalue weighted by Gasteiger charge is 2.19. The summed E-state index contributed by atoms with van der Waals surface area (Å²) in [6.45, 7) is 1.71. The number of carbonyl (C=O) groups excluding carboxylic acids is 1. The maximum Gasteiger partial charge on any atom is 0.294 e. The van der Waals surface area contributed by atoms with Gasteiger partial charge in [-0.25, -0.2) is 9.67 Å². The summed E-state index contributed by atoms with van der Waals surface area (Å²) in [5, 5.41) is 8.02. The Balaban J connectivity index is 1.50. The normalized spacial score (nSPS) is 12.2. The summed E-state index contributed by atoms with van der Waals surface area (Å²) in [4.78, 5) is 30.1. The first-order valence-electron chi connectivity index (χ1n) is 9.74. The standard InChI is InChI=1S/C22H18N4O5S/c1-12-23-20-21(32-12)19(13-4-3-5-15(8-13)29-2)25-26(22(20)28)10-18(27)24-14-6-7-16-17(9-14)31-11-30-16/h3-9H,10-11H2,1-2H3,(H,24,27). The van der Waals surface area contributed by atoms with Gasteiger partial charge >= 0.3 is 0 Å². The molecule has 0 saturated carbocycles. The number of rotatable bonds is 5. The molecule has 0 radical (unpaired) electrons. The van der Waals surface area contributed by atoms with Crippen molar-refractivity contribution in [1.29, 1.82) is 0 Å². The van der Waals surface area contributed by atoms with Crippen LogP contribution in [0.3, 0.4) is 0 Å². The highest BCUT2D eigenvalue weighted by atomic mass is 32.1. The van der Waals surface area contributed by atoms with Gasteiger partial charge < -0.3 is 19.5 Å². The van der Waals surface area contributed by atoms with Crippen molar-refractivity contribution in [2.45, 2.75) is 13.5 Å². The number of ether oxygens (including phenoxy) is 3. The molecule has 0 aliphatic carbocycles. The highest BCUT2D eigenvalue weighted by molar-refractivity contribution is 7.19. The molecule has 0 unspecified atom stereocenters. The lowest BCUT2D eigenvalue weighted by Crippen LogP contribution is -2.30. The van der Waals surface area contributed by atoms with Crippen LogP contribution in [0.15, 0.2) is 47.3 Å². The minimum absolute atomic E-state index is 0.145. The lowest BCUT2D eigenvalue weighted by atomic mass is 10.1. The molecule has 4 aromatic rings. The van der Waals surface area contributed by atoms with E-state index in [1.165, 1.54) is 11.3 Å². The Bertz CT molecular complexity index is 1410. The van der Waals surface area contributed by atoms with Crippen LogP contribution in [0.1, 0.15) is 5.01 Å². The van der Waals surface area contributed by atoms with E-state index in [0.717, 1.165) is 15.3 Å². The number of hydrogen-bond acceptors (Lipinski definition) is 8. The maximum absolute atomic E-state index is 13.0. The van der Waals surface area contributed by atoms with Gasteiger partial charge in [-0.05, 0) is 31.2 Å². The van der Waals surface area contributed by atoms with Crippen LogP contribution >= 0.6 is 11.3 Å². The van der Waals surface area contributed by atoms with Gasteiger partial charge in [0, 0.05) is 17.3 Å². The number of methoxy groups -OCH3 is 1. The third kappa shape index (κ3) is 3.65. The quantitative estimate of drug-likeness (QED) is 0.498. The van der Waals surface area contributed by atoms with E-state index in [1.807, 2.05) is 31.2 Å². The number of nitrogens with one attached hydrogen (secondary N) is 1. The van der Waals surface area contributed by atoms with Gasteiger partial charge in [-0.15, -0.1) is 11.3 Å². The Labute approximate surface area is 186 Å². The number of aryl methyl sites for hydroxylation is 1. The minimum atomic E-state index is -0.420. The SMILES string of the molecule is COc1cccc(-c2nn(CC(=O)Nc3ccc4c(c3)OCO4)c(=O)c3nc(C)sc23)c1. The minimum Gasteiger partial charge on any atom is -0.497 e. The number of hydrogen-bond donors (Lipinski definition) is 1. The summed E-state index contributed by atoms with van der Waals surface area (Å²) in [5.74, 6) is 1.43. The zero-order valence-corrected chi connectivity index (χ0v) is 18.1. The molecule has 0 saturated heterocycles. The number of amides is 1. The first-order valence-corrected chi connectivity index (χ1v) is 10.6.